The Balaban J connectivity index is 2.28. The van der Waals surface area contributed by atoms with Crippen molar-refractivity contribution in [2.75, 3.05) is 6.61 Å². The lowest BCUT2D eigenvalue weighted by molar-refractivity contribution is -0.116. The van der Waals surface area contributed by atoms with Gasteiger partial charge in [-0.05, 0) is 6.42 Å². The first kappa shape index (κ1) is 6.71. The molecule has 1 heterocycles. The van der Waals surface area contributed by atoms with E-state index in [1.54, 1.807) is 0 Å². The van der Waals surface area contributed by atoms with E-state index in [0.717, 1.165) is 12.7 Å². The number of aldehydes is 1. The summed E-state index contributed by atoms with van der Waals surface area (Å²) in [6.45, 7) is 2.73. The predicted molar refractivity (Wildman–Crippen MR) is 33.0 cm³/mol. The molecule has 1 fully saturated rings. The summed E-state index contributed by atoms with van der Waals surface area (Å²) < 4.78 is 5.03. The molecule has 9 heavy (non-hydrogen) atoms. The molecule has 0 aromatic heterocycles. The molecule has 3 nitrogen and oxygen atoms in total. The van der Waals surface area contributed by atoms with Crippen LogP contribution in [0.1, 0.15) is 13.3 Å². The molecule has 1 rings (SSSR count). The fourth-order valence-corrected chi connectivity index (χ4v) is 0.863. The van der Waals surface area contributed by atoms with Crippen LogP contribution in [0.5, 0.6) is 0 Å². The second-order valence-electron chi connectivity index (χ2n) is 2.16. The van der Waals surface area contributed by atoms with Crippen LogP contribution in [0, 0.1) is 0 Å². The normalized spacial score (nSPS) is 34.8. The molecule has 0 bridgehead atoms. The van der Waals surface area contributed by atoms with Gasteiger partial charge in [0.1, 0.15) is 0 Å². The van der Waals surface area contributed by atoms with Crippen molar-refractivity contribution in [3.8, 4) is 0 Å². The van der Waals surface area contributed by atoms with Crippen LogP contribution >= 0.6 is 0 Å². The van der Waals surface area contributed by atoms with Gasteiger partial charge < -0.3 is 4.74 Å². The van der Waals surface area contributed by atoms with E-state index in [1.165, 1.54) is 0 Å². The molecule has 52 valence electrons. The standard InChI is InChI=1S/C6H11NO2/c1-2-5-4-9-6(3-8)7-5/h3,5-7H,2,4H2,1H3/t5-,6?/m1/s1. The third kappa shape index (κ3) is 1.50. The summed E-state index contributed by atoms with van der Waals surface area (Å²) >= 11 is 0. The zero-order chi connectivity index (χ0) is 6.69. The predicted octanol–water partition coefficient (Wildman–Crippen LogP) is -0.0902. The maximum Gasteiger partial charge on any atom is 0.164 e. The molecular weight excluding hydrogens is 118 g/mol. The summed E-state index contributed by atoms with van der Waals surface area (Å²) in [6.07, 6.45) is 1.45. The maximum atomic E-state index is 10.1. The minimum absolute atomic E-state index is 0.352. The zero-order valence-corrected chi connectivity index (χ0v) is 5.46. The Labute approximate surface area is 54.4 Å². The van der Waals surface area contributed by atoms with E-state index in [4.69, 9.17) is 4.74 Å². The molecule has 0 aliphatic carbocycles. The molecule has 0 saturated carbocycles. The van der Waals surface area contributed by atoms with Gasteiger partial charge in [0.05, 0.1) is 6.61 Å². The second kappa shape index (κ2) is 2.94. The van der Waals surface area contributed by atoms with Gasteiger partial charge in [0.25, 0.3) is 0 Å². The Hall–Kier alpha value is -0.410. The van der Waals surface area contributed by atoms with Crippen LogP contribution in [0.25, 0.3) is 0 Å². The molecule has 1 unspecified atom stereocenters. The number of carbonyl (C=O) groups is 1. The van der Waals surface area contributed by atoms with E-state index in [0.29, 0.717) is 12.6 Å². The summed E-state index contributed by atoms with van der Waals surface area (Å²) in [5, 5.41) is 3.00. The molecule has 1 aliphatic heterocycles. The lowest BCUT2D eigenvalue weighted by Gasteiger charge is -2.02. The Morgan fingerprint density at radius 2 is 2.67 bits per heavy atom. The number of ether oxygens (including phenoxy) is 1. The van der Waals surface area contributed by atoms with E-state index in [2.05, 4.69) is 12.2 Å². The number of rotatable bonds is 2. The van der Waals surface area contributed by atoms with Gasteiger partial charge in [-0.2, -0.15) is 0 Å². The Kier molecular flexibility index (Phi) is 2.19. The molecule has 1 saturated heterocycles. The van der Waals surface area contributed by atoms with Crippen LogP contribution < -0.4 is 5.32 Å². The quantitative estimate of drug-likeness (QED) is 0.529. The average molecular weight is 129 g/mol. The monoisotopic (exact) mass is 129 g/mol. The highest BCUT2D eigenvalue weighted by molar-refractivity contribution is 5.55. The average Bonchev–Trinajstić information content (AvgIpc) is 2.34. The van der Waals surface area contributed by atoms with Crippen molar-refractivity contribution in [1.82, 2.24) is 5.32 Å². The summed E-state index contributed by atoms with van der Waals surface area (Å²) in [6, 6.07) is 0.375. The van der Waals surface area contributed by atoms with Gasteiger partial charge in [0.2, 0.25) is 0 Å². The van der Waals surface area contributed by atoms with E-state index in [9.17, 15) is 4.79 Å². The Bertz CT molecular complexity index is 105. The van der Waals surface area contributed by atoms with Gasteiger partial charge in [-0.15, -0.1) is 0 Å². The third-order valence-corrected chi connectivity index (χ3v) is 1.49. The molecule has 0 radical (unpaired) electrons. The van der Waals surface area contributed by atoms with Gasteiger partial charge >= 0.3 is 0 Å². The number of carbonyl (C=O) groups excluding carboxylic acids is 1. The first-order valence-corrected chi connectivity index (χ1v) is 3.19. The topological polar surface area (TPSA) is 38.3 Å². The fraction of sp³-hybridized carbons (Fsp3) is 0.833. The van der Waals surface area contributed by atoms with E-state index < -0.39 is 0 Å². The highest BCUT2D eigenvalue weighted by Gasteiger charge is 2.21. The smallest absolute Gasteiger partial charge is 0.164 e. The van der Waals surface area contributed by atoms with Crippen molar-refractivity contribution in [2.24, 2.45) is 0 Å². The molecule has 2 atom stereocenters. The van der Waals surface area contributed by atoms with Gasteiger partial charge in [-0.1, -0.05) is 6.92 Å². The number of nitrogens with one attached hydrogen (secondary N) is 1. The highest BCUT2D eigenvalue weighted by Crippen LogP contribution is 2.02. The zero-order valence-electron chi connectivity index (χ0n) is 5.46. The van der Waals surface area contributed by atoms with Crippen LogP contribution in [0.3, 0.4) is 0 Å². The van der Waals surface area contributed by atoms with Crippen LogP contribution in [0.15, 0.2) is 0 Å². The second-order valence-corrected chi connectivity index (χ2v) is 2.16. The summed E-state index contributed by atoms with van der Waals surface area (Å²) in [5.41, 5.74) is 0. The Morgan fingerprint density at radius 3 is 3.00 bits per heavy atom. The number of hydrogen-bond acceptors (Lipinski definition) is 3. The van der Waals surface area contributed by atoms with Crippen molar-refractivity contribution in [3.05, 3.63) is 0 Å². The molecule has 1 N–H and O–H groups in total. The van der Waals surface area contributed by atoms with Crippen molar-refractivity contribution < 1.29 is 9.53 Å². The summed E-state index contributed by atoms with van der Waals surface area (Å²) in [7, 11) is 0. The van der Waals surface area contributed by atoms with Crippen LogP contribution in [-0.2, 0) is 9.53 Å². The minimum atomic E-state index is -0.352. The first-order valence-electron chi connectivity index (χ1n) is 3.19. The van der Waals surface area contributed by atoms with E-state index in [1.807, 2.05) is 0 Å². The SMILES string of the molecule is CC[C@@H]1COC(C=O)N1. The van der Waals surface area contributed by atoms with Crippen LogP contribution in [0.2, 0.25) is 0 Å². The molecule has 0 aromatic carbocycles. The largest absolute Gasteiger partial charge is 0.355 e. The maximum absolute atomic E-state index is 10.1. The van der Waals surface area contributed by atoms with Crippen molar-refractivity contribution in [1.29, 1.82) is 0 Å². The molecule has 1 aliphatic rings. The lowest BCUT2D eigenvalue weighted by Crippen LogP contribution is -2.30. The molecular formula is C6H11NO2. The molecule has 3 heteroatoms. The lowest BCUT2D eigenvalue weighted by atomic mass is 10.2. The first-order chi connectivity index (χ1) is 4.36. The van der Waals surface area contributed by atoms with Crippen molar-refractivity contribution in [2.45, 2.75) is 25.6 Å². The Morgan fingerprint density at radius 1 is 1.89 bits per heavy atom. The third-order valence-electron chi connectivity index (χ3n) is 1.49. The molecule has 0 aromatic rings. The van der Waals surface area contributed by atoms with Crippen LogP contribution in [0.4, 0.5) is 0 Å². The van der Waals surface area contributed by atoms with Gasteiger partial charge in [-0.25, -0.2) is 0 Å². The van der Waals surface area contributed by atoms with E-state index in [-0.39, 0.29) is 6.23 Å². The highest BCUT2D eigenvalue weighted by atomic mass is 16.5. The van der Waals surface area contributed by atoms with Gasteiger partial charge in [0.15, 0.2) is 12.5 Å². The van der Waals surface area contributed by atoms with E-state index >= 15 is 0 Å². The molecule has 0 amide bonds. The van der Waals surface area contributed by atoms with Crippen LogP contribution in [-0.4, -0.2) is 25.2 Å². The van der Waals surface area contributed by atoms with Gasteiger partial charge in [-0.3, -0.25) is 10.1 Å². The summed E-state index contributed by atoms with van der Waals surface area (Å²) in [4.78, 5) is 10.1. The van der Waals surface area contributed by atoms with Crippen molar-refractivity contribution >= 4 is 6.29 Å². The number of hydrogen-bond donors (Lipinski definition) is 1. The fourth-order valence-electron chi connectivity index (χ4n) is 0.863. The van der Waals surface area contributed by atoms with Crippen molar-refractivity contribution in [3.63, 3.8) is 0 Å². The minimum Gasteiger partial charge on any atom is -0.355 e. The van der Waals surface area contributed by atoms with Gasteiger partial charge in [0, 0.05) is 6.04 Å². The summed E-state index contributed by atoms with van der Waals surface area (Å²) in [5.74, 6) is 0. The molecule has 0 spiro atoms.